The van der Waals surface area contributed by atoms with Gasteiger partial charge in [0.1, 0.15) is 5.82 Å². The average molecular weight is 422 g/mol. The van der Waals surface area contributed by atoms with Crippen LogP contribution in [0.3, 0.4) is 0 Å². The fourth-order valence-electron chi connectivity index (χ4n) is 2.65. The third kappa shape index (κ3) is 7.68. The molecule has 0 bridgehead atoms. The quantitative estimate of drug-likeness (QED) is 0.542. The zero-order valence-electron chi connectivity index (χ0n) is 16.5. The summed E-state index contributed by atoms with van der Waals surface area (Å²) in [5.41, 5.74) is 0. The van der Waals surface area contributed by atoms with Crippen molar-refractivity contribution in [2.75, 3.05) is 13.1 Å². The molecule has 13 heteroatoms. The lowest BCUT2D eigenvalue weighted by molar-refractivity contribution is -0.192. The van der Waals surface area contributed by atoms with E-state index in [1.54, 1.807) is 6.92 Å². The lowest BCUT2D eigenvalue weighted by Gasteiger charge is -2.37. The van der Waals surface area contributed by atoms with Crippen LogP contribution in [-0.4, -0.2) is 74.3 Å². The van der Waals surface area contributed by atoms with E-state index in [2.05, 4.69) is 30.7 Å². The smallest absolute Gasteiger partial charge is 0.475 e. The van der Waals surface area contributed by atoms with Crippen molar-refractivity contribution >= 4 is 17.8 Å². The van der Waals surface area contributed by atoms with Crippen molar-refractivity contribution in [3.63, 3.8) is 0 Å². The molecule has 0 saturated carbocycles. The number of aromatic amines is 1. The van der Waals surface area contributed by atoms with Crippen LogP contribution in [-0.2, 0) is 14.4 Å². The summed E-state index contributed by atoms with van der Waals surface area (Å²) in [5.74, 6) is -1.78. The lowest BCUT2D eigenvalue weighted by Crippen LogP contribution is -2.58. The van der Waals surface area contributed by atoms with Crippen LogP contribution in [0.4, 0.5) is 13.2 Å². The first-order valence-corrected chi connectivity index (χ1v) is 8.84. The van der Waals surface area contributed by atoms with E-state index in [0.29, 0.717) is 18.2 Å². The van der Waals surface area contributed by atoms with E-state index in [0.717, 1.165) is 6.54 Å². The van der Waals surface area contributed by atoms with Gasteiger partial charge in [-0.15, -0.1) is 0 Å². The summed E-state index contributed by atoms with van der Waals surface area (Å²) >= 11 is 0. The molecule has 1 aromatic heterocycles. The Morgan fingerprint density at radius 3 is 2.38 bits per heavy atom. The van der Waals surface area contributed by atoms with Gasteiger partial charge in [0.25, 0.3) is 0 Å². The molecule has 29 heavy (non-hydrogen) atoms. The van der Waals surface area contributed by atoms with Crippen LogP contribution in [0.2, 0.25) is 0 Å². The zero-order valence-corrected chi connectivity index (χ0v) is 16.5. The standard InChI is InChI=1S/C14H24N6O2.C2HF3O2/c1-8(2)20-6-5-15-14(22)11(20)7-12(21)16-9(3)13-17-10(4)18-19-13;3-2(4,5)1(6)7/h8-9,11H,5-7H2,1-4H3,(H,15,22)(H,16,21)(H,17,18,19);(H,6,7). The third-order valence-electron chi connectivity index (χ3n) is 4.04. The summed E-state index contributed by atoms with van der Waals surface area (Å²) in [4.78, 5) is 39.4. The summed E-state index contributed by atoms with van der Waals surface area (Å²) in [6, 6.07) is -0.497. The molecule has 2 atom stereocenters. The number of carboxylic acid groups (broad SMARTS) is 1. The largest absolute Gasteiger partial charge is 0.490 e. The number of amides is 2. The van der Waals surface area contributed by atoms with Gasteiger partial charge in [-0.2, -0.15) is 18.3 Å². The average Bonchev–Trinajstić information content (AvgIpc) is 3.02. The number of rotatable bonds is 5. The van der Waals surface area contributed by atoms with Crippen LogP contribution < -0.4 is 10.6 Å². The Balaban J connectivity index is 0.000000516. The second-order valence-electron chi connectivity index (χ2n) is 6.71. The van der Waals surface area contributed by atoms with Crippen molar-refractivity contribution in [1.82, 2.24) is 30.7 Å². The zero-order chi connectivity index (χ0) is 22.4. The van der Waals surface area contributed by atoms with Gasteiger partial charge in [0.15, 0.2) is 5.82 Å². The van der Waals surface area contributed by atoms with Crippen LogP contribution in [0.15, 0.2) is 0 Å². The molecule has 0 aromatic carbocycles. The number of aromatic nitrogens is 3. The molecule has 164 valence electrons. The van der Waals surface area contributed by atoms with E-state index in [9.17, 15) is 22.8 Å². The van der Waals surface area contributed by atoms with Gasteiger partial charge in [0, 0.05) is 19.1 Å². The third-order valence-corrected chi connectivity index (χ3v) is 4.04. The molecule has 0 aliphatic carbocycles. The number of carboxylic acids is 1. The number of nitrogens with zero attached hydrogens (tertiary/aromatic N) is 3. The highest BCUT2D eigenvalue weighted by atomic mass is 19.4. The van der Waals surface area contributed by atoms with Crippen LogP contribution in [0, 0.1) is 6.92 Å². The summed E-state index contributed by atoms with van der Waals surface area (Å²) < 4.78 is 31.7. The molecule has 1 aromatic rings. The van der Waals surface area contributed by atoms with Gasteiger partial charge in [-0.1, -0.05) is 0 Å². The first kappa shape index (κ1) is 24.3. The Bertz CT molecular complexity index is 722. The number of aryl methyl sites for hydroxylation is 1. The van der Waals surface area contributed by atoms with Gasteiger partial charge in [-0.05, 0) is 27.7 Å². The Morgan fingerprint density at radius 1 is 1.34 bits per heavy atom. The molecule has 2 heterocycles. The van der Waals surface area contributed by atoms with Crippen molar-refractivity contribution in [2.24, 2.45) is 0 Å². The Labute approximate surface area is 165 Å². The monoisotopic (exact) mass is 422 g/mol. The fraction of sp³-hybridized carbons (Fsp3) is 0.688. The molecule has 2 unspecified atom stereocenters. The van der Waals surface area contributed by atoms with E-state index in [1.807, 2.05) is 20.8 Å². The maximum absolute atomic E-state index is 12.2. The van der Waals surface area contributed by atoms with E-state index in [-0.39, 0.29) is 30.3 Å². The van der Waals surface area contributed by atoms with Crippen molar-refractivity contribution in [2.45, 2.75) is 58.4 Å². The number of aliphatic carboxylic acids is 1. The Hall–Kier alpha value is -2.70. The topological polar surface area (TPSA) is 140 Å². The minimum atomic E-state index is -5.08. The lowest BCUT2D eigenvalue weighted by atomic mass is 10.1. The van der Waals surface area contributed by atoms with Crippen LogP contribution in [0.25, 0.3) is 0 Å². The highest BCUT2D eigenvalue weighted by Crippen LogP contribution is 2.14. The molecular weight excluding hydrogens is 397 g/mol. The normalized spacial score (nSPS) is 18.5. The maximum atomic E-state index is 12.2. The number of piperazine rings is 1. The van der Waals surface area contributed by atoms with Gasteiger partial charge in [-0.25, -0.2) is 9.78 Å². The molecule has 0 spiro atoms. The van der Waals surface area contributed by atoms with Gasteiger partial charge >= 0.3 is 12.1 Å². The fourth-order valence-corrected chi connectivity index (χ4v) is 2.65. The first-order chi connectivity index (χ1) is 13.3. The van der Waals surface area contributed by atoms with E-state index in [1.165, 1.54) is 0 Å². The summed E-state index contributed by atoms with van der Waals surface area (Å²) in [5, 5.41) is 19.6. The highest BCUT2D eigenvalue weighted by Gasteiger charge is 2.38. The summed E-state index contributed by atoms with van der Waals surface area (Å²) in [6.07, 6.45) is -4.95. The van der Waals surface area contributed by atoms with Crippen LogP contribution in [0.1, 0.15) is 44.9 Å². The van der Waals surface area contributed by atoms with Crippen molar-refractivity contribution < 1.29 is 32.7 Å². The predicted molar refractivity (Wildman–Crippen MR) is 94.6 cm³/mol. The van der Waals surface area contributed by atoms with Gasteiger partial charge in [0.05, 0.1) is 18.5 Å². The maximum Gasteiger partial charge on any atom is 0.490 e. The van der Waals surface area contributed by atoms with Crippen molar-refractivity contribution in [3.05, 3.63) is 11.6 Å². The number of carbonyl (C=O) groups is 3. The van der Waals surface area contributed by atoms with E-state index in [4.69, 9.17) is 9.90 Å². The summed E-state index contributed by atoms with van der Waals surface area (Å²) in [6.45, 7) is 9.07. The molecule has 1 aliphatic heterocycles. The molecule has 10 nitrogen and oxygen atoms in total. The molecule has 2 amide bonds. The van der Waals surface area contributed by atoms with E-state index >= 15 is 0 Å². The number of carbonyl (C=O) groups excluding carboxylic acids is 2. The van der Waals surface area contributed by atoms with Gasteiger partial charge in [0.2, 0.25) is 11.8 Å². The van der Waals surface area contributed by atoms with Gasteiger partial charge in [-0.3, -0.25) is 19.6 Å². The van der Waals surface area contributed by atoms with Crippen molar-refractivity contribution in [3.8, 4) is 0 Å². The molecule has 1 aliphatic rings. The minimum Gasteiger partial charge on any atom is -0.475 e. The van der Waals surface area contributed by atoms with E-state index < -0.39 is 18.2 Å². The van der Waals surface area contributed by atoms with Crippen LogP contribution in [0.5, 0.6) is 0 Å². The number of hydrogen-bond acceptors (Lipinski definition) is 6. The van der Waals surface area contributed by atoms with Gasteiger partial charge < -0.3 is 15.7 Å². The predicted octanol–water partition coefficient (Wildman–Crippen LogP) is 0.523. The number of nitrogens with one attached hydrogen (secondary N) is 3. The molecule has 2 rings (SSSR count). The number of alkyl halides is 3. The molecular formula is C16H25F3N6O4. The molecule has 1 saturated heterocycles. The van der Waals surface area contributed by atoms with Crippen molar-refractivity contribution in [1.29, 1.82) is 0 Å². The SMILES string of the molecule is Cc1nc(C(C)NC(=O)CC2C(=O)NCCN2C(C)C)n[nH]1.O=C(O)C(F)(F)F. The Kier molecular flexibility index (Phi) is 8.55. The number of halogens is 3. The molecule has 1 fully saturated rings. The highest BCUT2D eigenvalue weighted by molar-refractivity contribution is 5.89. The first-order valence-electron chi connectivity index (χ1n) is 8.84. The second kappa shape index (κ2) is 10.2. The number of hydrogen-bond donors (Lipinski definition) is 4. The second-order valence-corrected chi connectivity index (χ2v) is 6.71. The minimum absolute atomic E-state index is 0.0866. The molecule has 0 radical (unpaired) electrons. The Morgan fingerprint density at radius 2 is 1.93 bits per heavy atom. The molecule has 4 N–H and O–H groups in total. The number of H-pyrrole nitrogens is 1. The summed E-state index contributed by atoms with van der Waals surface area (Å²) in [7, 11) is 0. The van der Waals surface area contributed by atoms with Crippen LogP contribution >= 0.6 is 0 Å².